The molecule has 1 aromatic carbocycles. The monoisotopic (exact) mass is 278 g/mol. The number of hydrogen-bond donors (Lipinski definition) is 0. The van der Waals surface area contributed by atoms with Gasteiger partial charge in [0.2, 0.25) is 0 Å². The topological polar surface area (TPSA) is 0 Å². The van der Waals surface area contributed by atoms with Crippen molar-refractivity contribution >= 4 is 34.8 Å². The molecule has 90 valence electrons. The standard InChI is InChI=1S/C13H17Cl3/c1-13(2,3)12(16)7-4-9-8-10(14)5-6-11(9)15/h5-6,8,12H,4,7H2,1-3H3. The first-order valence-electron chi connectivity index (χ1n) is 5.38. The third-order valence-electron chi connectivity index (χ3n) is 2.61. The predicted molar refractivity (Wildman–Crippen MR) is 73.9 cm³/mol. The maximum atomic E-state index is 6.32. The molecule has 0 saturated carbocycles. The zero-order valence-corrected chi connectivity index (χ0v) is 12.1. The average molecular weight is 280 g/mol. The van der Waals surface area contributed by atoms with E-state index >= 15 is 0 Å². The van der Waals surface area contributed by atoms with Gasteiger partial charge in [0, 0.05) is 15.4 Å². The van der Waals surface area contributed by atoms with E-state index in [2.05, 4.69) is 20.8 Å². The van der Waals surface area contributed by atoms with E-state index in [-0.39, 0.29) is 10.8 Å². The van der Waals surface area contributed by atoms with Crippen LogP contribution in [0.25, 0.3) is 0 Å². The molecule has 0 saturated heterocycles. The largest absolute Gasteiger partial charge is 0.122 e. The van der Waals surface area contributed by atoms with Crippen molar-refractivity contribution in [3.05, 3.63) is 33.8 Å². The van der Waals surface area contributed by atoms with E-state index in [1.54, 1.807) is 6.07 Å². The molecule has 0 amide bonds. The van der Waals surface area contributed by atoms with E-state index in [1.165, 1.54) is 0 Å². The van der Waals surface area contributed by atoms with Gasteiger partial charge in [0.25, 0.3) is 0 Å². The van der Waals surface area contributed by atoms with Crippen molar-refractivity contribution in [1.82, 2.24) is 0 Å². The molecule has 1 aromatic rings. The Balaban J connectivity index is 2.64. The molecule has 0 fully saturated rings. The van der Waals surface area contributed by atoms with Crippen molar-refractivity contribution in [3.8, 4) is 0 Å². The van der Waals surface area contributed by atoms with Crippen LogP contribution in [0.4, 0.5) is 0 Å². The molecule has 0 aliphatic heterocycles. The van der Waals surface area contributed by atoms with E-state index in [0.29, 0.717) is 0 Å². The van der Waals surface area contributed by atoms with Gasteiger partial charge in [0.05, 0.1) is 0 Å². The maximum Gasteiger partial charge on any atom is 0.0439 e. The van der Waals surface area contributed by atoms with Crippen LogP contribution < -0.4 is 0 Å². The molecule has 0 aliphatic rings. The molecule has 0 N–H and O–H groups in total. The van der Waals surface area contributed by atoms with E-state index in [4.69, 9.17) is 34.8 Å². The second kappa shape index (κ2) is 5.62. The van der Waals surface area contributed by atoms with Crippen LogP contribution in [0.2, 0.25) is 10.0 Å². The maximum absolute atomic E-state index is 6.32. The van der Waals surface area contributed by atoms with Crippen LogP contribution in [0.15, 0.2) is 18.2 Å². The van der Waals surface area contributed by atoms with Crippen LogP contribution >= 0.6 is 34.8 Å². The van der Waals surface area contributed by atoms with Crippen molar-refractivity contribution in [2.45, 2.75) is 39.0 Å². The minimum atomic E-state index is 0.118. The van der Waals surface area contributed by atoms with Gasteiger partial charge in [0.15, 0.2) is 0 Å². The zero-order chi connectivity index (χ0) is 12.3. The normalized spacial score (nSPS) is 13.9. The summed E-state index contributed by atoms with van der Waals surface area (Å²) in [6.07, 6.45) is 1.77. The van der Waals surface area contributed by atoms with Crippen molar-refractivity contribution in [1.29, 1.82) is 0 Å². The lowest BCUT2D eigenvalue weighted by Gasteiger charge is -2.25. The molecule has 0 nitrogen and oxygen atoms in total. The second-order valence-corrected chi connectivity index (χ2v) is 6.48. The number of rotatable bonds is 3. The minimum Gasteiger partial charge on any atom is -0.122 e. The summed E-state index contributed by atoms with van der Waals surface area (Å²) in [4.78, 5) is 0. The molecule has 16 heavy (non-hydrogen) atoms. The molecule has 0 aliphatic carbocycles. The Kier molecular flexibility index (Phi) is 4.97. The Morgan fingerprint density at radius 2 is 1.81 bits per heavy atom. The molecule has 0 spiro atoms. The van der Waals surface area contributed by atoms with Crippen molar-refractivity contribution in [2.75, 3.05) is 0 Å². The predicted octanol–water partition coefficient (Wildman–Crippen LogP) is 5.58. The minimum absolute atomic E-state index is 0.118. The van der Waals surface area contributed by atoms with Crippen molar-refractivity contribution in [2.24, 2.45) is 5.41 Å². The fraction of sp³-hybridized carbons (Fsp3) is 0.538. The quantitative estimate of drug-likeness (QED) is 0.634. The molecule has 0 bridgehead atoms. The molecule has 1 atom stereocenters. The average Bonchev–Trinajstić information content (AvgIpc) is 2.17. The van der Waals surface area contributed by atoms with E-state index < -0.39 is 0 Å². The fourth-order valence-corrected chi connectivity index (χ4v) is 1.97. The Bertz CT molecular complexity index is 353. The van der Waals surface area contributed by atoms with Gasteiger partial charge in [-0.3, -0.25) is 0 Å². The summed E-state index contributed by atoms with van der Waals surface area (Å²) in [6.45, 7) is 6.43. The zero-order valence-electron chi connectivity index (χ0n) is 9.86. The summed E-state index contributed by atoms with van der Waals surface area (Å²) in [5.74, 6) is 0. The Hall–Kier alpha value is 0.0900. The molecule has 0 heterocycles. The number of halogens is 3. The molecule has 3 heteroatoms. The van der Waals surface area contributed by atoms with Gasteiger partial charge in [-0.05, 0) is 42.0 Å². The van der Waals surface area contributed by atoms with Gasteiger partial charge in [-0.15, -0.1) is 11.6 Å². The molecular weight excluding hydrogens is 263 g/mol. The summed E-state index contributed by atoms with van der Waals surface area (Å²) in [6, 6.07) is 5.55. The SMILES string of the molecule is CC(C)(C)C(Cl)CCc1cc(Cl)ccc1Cl. The third kappa shape index (κ3) is 4.16. The molecule has 0 radical (unpaired) electrons. The highest BCUT2D eigenvalue weighted by molar-refractivity contribution is 6.33. The van der Waals surface area contributed by atoms with Gasteiger partial charge < -0.3 is 0 Å². The lowest BCUT2D eigenvalue weighted by Crippen LogP contribution is -2.21. The summed E-state index contributed by atoms with van der Waals surface area (Å²) in [5.41, 5.74) is 1.19. The van der Waals surface area contributed by atoms with Crippen LogP contribution in [-0.2, 0) is 6.42 Å². The lowest BCUT2D eigenvalue weighted by molar-refractivity contribution is 0.374. The van der Waals surface area contributed by atoms with E-state index in [9.17, 15) is 0 Å². The van der Waals surface area contributed by atoms with E-state index in [0.717, 1.165) is 28.5 Å². The summed E-state index contributed by atoms with van der Waals surface area (Å²) in [7, 11) is 0. The first kappa shape index (κ1) is 14.2. The Labute approximate surface area is 113 Å². The number of hydrogen-bond acceptors (Lipinski definition) is 0. The van der Waals surface area contributed by atoms with Crippen LogP contribution in [0.1, 0.15) is 32.8 Å². The van der Waals surface area contributed by atoms with Gasteiger partial charge in [-0.1, -0.05) is 44.0 Å². The van der Waals surface area contributed by atoms with Crippen LogP contribution in [0.5, 0.6) is 0 Å². The smallest absolute Gasteiger partial charge is 0.0439 e. The third-order valence-corrected chi connectivity index (χ3v) is 4.09. The summed E-state index contributed by atoms with van der Waals surface area (Å²) in [5, 5.41) is 1.63. The second-order valence-electron chi connectivity index (χ2n) is 5.11. The highest BCUT2D eigenvalue weighted by Crippen LogP contribution is 2.30. The van der Waals surface area contributed by atoms with Crippen molar-refractivity contribution in [3.63, 3.8) is 0 Å². The Morgan fingerprint density at radius 1 is 1.19 bits per heavy atom. The Morgan fingerprint density at radius 3 is 2.38 bits per heavy atom. The first-order chi connectivity index (χ1) is 7.30. The summed E-state index contributed by atoms with van der Waals surface area (Å²) < 4.78 is 0. The molecule has 0 aromatic heterocycles. The summed E-state index contributed by atoms with van der Waals surface area (Å²) >= 11 is 18.3. The molecule has 1 rings (SSSR count). The van der Waals surface area contributed by atoms with Crippen molar-refractivity contribution < 1.29 is 0 Å². The van der Waals surface area contributed by atoms with Gasteiger partial charge in [0.1, 0.15) is 0 Å². The van der Waals surface area contributed by atoms with Gasteiger partial charge >= 0.3 is 0 Å². The van der Waals surface area contributed by atoms with Crippen LogP contribution in [-0.4, -0.2) is 5.38 Å². The van der Waals surface area contributed by atoms with Crippen LogP contribution in [0, 0.1) is 5.41 Å². The molecule has 1 unspecified atom stereocenters. The number of benzene rings is 1. The highest BCUT2D eigenvalue weighted by Gasteiger charge is 2.22. The number of aryl methyl sites for hydroxylation is 1. The molecular formula is C13H17Cl3. The van der Waals surface area contributed by atoms with Gasteiger partial charge in [-0.25, -0.2) is 0 Å². The van der Waals surface area contributed by atoms with Gasteiger partial charge in [-0.2, -0.15) is 0 Å². The van der Waals surface area contributed by atoms with Crippen LogP contribution in [0.3, 0.4) is 0 Å². The fourth-order valence-electron chi connectivity index (χ4n) is 1.45. The lowest BCUT2D eigenvalue weighted by atomic mass is 9.88. The van der Waals surface area contributed by atoms with E-state index in [1.807, 2.05) is 12.1 Å². The first-order valence-corrected chi connectivity index (χ1v) is 6.58. The number of alkyl halides is 1. The highest BCUT2D eigenvalue weighted by atomic mass is 35.5.